The van der Waals surface area contributed by atoms with Gasteiger partial charge in [0.25, 0.3) is 0 Å². The number of thiocarbonyl (C=S) groups is 2. The number of halogens is 9. The second kappa shape index (κ2) is 45.8. The van der Waals surface area contributed by atoms with Gasteiger partial charge in [0.1, 0.15) is 11.4 Å². The molecule has 0 amide bonds. The fraction of sp³-hybridized carbons (Fsp3) is 0.879. The van der Waals surface area contributed by atoms with Crippen molar-refractivity contribution in [1.29, 1.82) is 0 Å². The zero-order valence-corrected chi connectivity index (χ0v) is 44.1. The van der Waals surface area contributed by atoms with E-state index in [9.17, 15) is 4.79 Å². The number of hydrogen-bond acceptors (Lipinski definition) is 12. The van der Waals surface area contributed by atoms with Gasteiger partial charge in [-0.1, -0.05) is 210 Å². The predicted octanol–water partition coefficient (Wildman–Crippen LogP) is 16.7. The molecule has 0 aliphatic rings. The molecule has 0 saturated carbocycles. The highest BCUT2D eigenvalue weighted by Gasteiger charge is 2.21. The molecule has 0 radical (unpaired) electrons. The van der Waals surface area contributed by atoms with Crippen LogP contribution in [0.1, 0.15) is 138 Å². The standard InChI is InChI=1S/C10H21NS2.C9H18S3.C7H14OS2.C7H14S3.9FH/c1-9(2,3)12-8(11-7)13-10(4,5)6;1-8(2,3)11-7(10)12-9(4,5)6;2*1-5(2)9-7(8)10-6(3)4;;;;;;;;;/h1-7H3;1-6H3;2*5-6H,1-4H3;9*1H. The van der Waals surface area contributed by atoms with Crippen LogP contribution in [0.15, 0.2) is 4.99 Å². The highest BCUT2D eigenvalue weighted by molar-refractivity contribution is 8.48. The molecule has 0 unspecified atom stereocenters. The SMILES string of the molecule is CC(C)(C)SC(=S)SC(C)(C)C.CC(C)SC(=O)SC(C)C.CC(C)SC(=S)SC(C)C.CN=C(SC(C)(C)C)SC(C)(C)C.F.F.F.F.F.F.F.F.F. The van der Waals surface area contributed by atoms with Crippen molar-refractivity contribution in [3.8, 4) is 0 Å². The van der Waals surface area contributed by atoms with E-state index in [-0.39, 0.29) is 65.8 Å². The summed E-state index contributed by atoms with van der Waals surface area (Å²) in [5.74, 6) is 0. The molecule has 0 atom stereocenters. The molecule has 0 heterocycles. The summed E-state index contributed by atoms with van der Waals surface area (Å²) in [6.07, 6.45) is 0. The Bertz CT molecular complexity index is 789. The zero-order valence-electron chi connectivity index (χ0n) is 35.9. The van der Waals surface area contributed by atoms with Gasteiger partial charge in [-0.3, -0.25) is 52.1 Å². The summed E-state index contributed by atoms with van der Waals surface area (Å²) in [4.78, 5) is 15.3. The van der Waals surface area contributed by atoms with E-state index in [1.807, 2.05) is 58.3 Å². The second-order valence-electron chi connectivity index (χ2n) is 14.8. The number of hydrogen-bond donors (Lipinski definition) is 0. The van der Waals surface area contributed by atoms with Gasteiger partial charge in [-0.05, 0) is 0 Å². The summed E-state index contributed by atoms with van der Waals surface area (Å²) >= 11 is 24.0. The predicted molar refractivity (Wildman–Crippen MR) is 267 cm³/mol. The molecule has 0 aliphatic carbocycles. The van der Waals surface area contributed by atoms with Crippen LogP contribution < -0.4 is 0 Å². The third-order valence-electron chi connectivity index (χ3n) is 3.08. The van der Waals surface area contributed by atoms with Crippen LogP contribution in [0.3, 0.4) is 0 Å². The highest BCUT2D eigenvalue weighted by atomic mass is 32.2. The molecule has 0 aliphatic heterocycles. The minimum absolute atomic E-state index is 0. The Morgan fingerprint density at radius 3 is 0.759 bits per heavy atom. The van der Waals surface area contributed by atoms with Crippen LogP contribution in [-0.4, -0.2) is 62.9 Å². The first-order chi connectivity index (χ1) is 19.8. The quantitative estimate of drug-likeness (QED) is 0.117. The Kier molecular flexibility index (Phi) is 77.5. The van der Waals surface area contributed by atoms with E-state index in [0.29, 0.717) is 21.0 Å². The van der Waals surface area contributed by atoms with Gasteiger partial charge < -0.3 is 0 Å². The summed E-state index contributed by atoms with van der Waals surface area (Å²) in [6.45, 7) is 43.2. The molecule has 0 rings (SSSR count). The number of aliphatic imine (C=N–C) groups is 1. The van der Waals surface area contributed by atoms with Gasteiger partial charge in [0.05, 0.1) is 0 Å². The lowest BCUT2D eigenvalue weighted by atomic mass is 10.3. The Morgan fingerprint density at radius 1 is 0.407 bits per heavy atom. The first kappa shape index (κ1) is 91.4. The lowest BCUT2D eigenvalue weighted by molar-refractivity contribution is 0.276. The third-order valence-corrected chi connectivity index (χ3v) is 12.5. The zero-order chi connectivity index (χ0) is 37.0. The normalized spacial score (nSPS) is 10.1. The highest BCUT2D eigenvalue weighted by Crippen LogP contribution is 2.37. The second-order valence-corrected chi connectivity index (χ2v) is 31.2. The topological polar surface area (TPSA) is 29.4 Å². The van der Waals surface area contributed by atoms with Crippen molar-refractivity contribution in [3.63, 3.8) is 0 Å². The Hall–Kier alpha value is 1.69. The van der Waals surface area contributed by atoms with Crippen molar-refractivity contribution in [1.82, 2.24) is 0 Å². The van der Waals surface area contributed by atoms with E-state index in [0.717, 1.165) is 7.06 Å². The largest absolute Gasteiger partial charge is 0.275 e. The molecule has 0 fully saturated rings. The van der Waals surface area contributed by atoms with Crippen LogP contribution >= 0.6 is 119 Å². The molecule has 54 heavy (non-hydrogen) atoms. The molecule has 0 bridgehead atoms. The molecule has 0 aromatic rings. The molecule has 0 aromatic carbocycles. The van der Waals surface area contributed by atoms with Gasteiger partial charge in [-0.2, -0.15) is 0 Å². The first-order valence-corrected chi connectivity index (χ1v) is 22.9. The fourth-order valence-corrected chi connectivity index (χ4v) is 14.5. The smallest absolute Gasteiger partial charge is 0.246 e. The summed E-state index contributed by atoms with van der Waals surface area (Å²) in [6, 6.07) is 0. The fourth-order valence-electron chi connectivity index (χ4n) is 1.98. The van der Waals surface area contributed by atoms with Crippen molar-refractivity contribution in [2.75, 3.05) is 7.05 Å². The average molecular weight is 995 g/mol. The van der Waals surface area contributed by atoms with E-state index in [1.165, 1.54) is 27.9 Å². The number of thioether (sulfide) groups is 8. The molecule has 0 spiro atoms. The maximum atomic E-state index is 11.0. The number of carbonyl (C=O) groups excluding carboxylic acids is 1. The molecule has 342 valence electrons. The molecule has 0 saturated heterocycles. The maximum absolute atomic E-state index is 11.0. The maximum Gasteiger partial charge on any atom is 0.246 e. The van der Waals surface area contributed by atoms with E-state index in [4.69, 9.17) is 24.4 Å². The monoisotopic (exact) mass is 993 g/mol. The minimum Gasteiger partial charge on any atom is -0.275 e. The van der Waals surface area contributed by atoms with Crippen molar-refractivity contribution in [2.45, 2.75) is 178 Å². The Morgan fingerprint density at radius 2 is 0.611 bits per heavy atom. The molecule has 2 nitrogen and oxygen atoms in total. The summed E-state index contributed by atoms with van der Waals surface area (Å²) in [5, 5.41) is 2.08. The van der Waals surface area contributed by atoms with Crippen LogP contribution in [0.4, 0.5) is 47.1 Å². The number of nitrogens with zero attached hydrogens (tertiary/aromatic N) is 1. The van der Waals surface area contributed by atoms with Gasteiger partial charge in [0.2, 0.25) is 4.45 Å². The van der Waals surface area contributed by atoms with Crippen molar-refractivity contribution >= 4 is 134 Å². The van der Waals surface area contributed by atoms with Crippen LogP contribution in [-0.2, 0) is 0 Å². The van der Waals surface area contributed by atoms with E-state index < -0.39 is 0 Å². The molecular weight excluding hydrogens is 918 g/mol. The Labute approximate surface area is 369 Å². The van der Waals surface area contributed by atoms with Crippen molar-refractivity contribution < 1.29 is 47.1 Å². The van der Waals surface area contributed by atoms with E-state index >= 15 is 0 Å². The summed E-state index contributed by atoms with van der Waals surface area (Å²) < 4.78 is 4.55. The number of carbonyl (C=O) groups is 1. The first-order valence-electron chi connectivity index (χ1n) is 15.3. The molecule has 0 aromatic heterocycles. The average Bonchev–Trinajstić information content (AvgIpc) is 2.67. The Balaban J connectivity index is -0.0000000359. The molecule has 21 heteroatoms. The third kappa shape index (κ3) is 94.6. The number of rotatable bonds is 4. The summed E-state index contributed by atoms with van der Waals surface area (Å²) in [7, 11) is 1.87. The minimum atomic E-state index is 0. The molecule has 0 N–H and O–H groups in total. The van der Waals surface area contributed by atoms with E-state index in [2.05, 4.69) is 116 Å². The van der Waals surface area contributed by atoms with Crippen LogP contribution in [0.5, 0.6) is 0 Å². The van der Waals surface area contributed by atoms with E-state index in [1.54, 1.807) is 47.0 Å². The van der Waals surface area contributed by atoms with Crippen molar-refractivity contribution in [2.24, 2.45) is 4.99 Å². The van der Waals surface area contributed by atoms with Crippen LogP contribution in [0, 0.1) is 0 Å². The van der Waals surface area contributed by atoms with Gasteiger partial charge in [0, 0.05) is 47.0 Å². The van der Waals surface area contributed by atoms with Gasteiger partial charge >= 0.3 is 0 Å². The van der Waals surface area contributed by atoms with Crippen LogP contribution in [0.2, 0.25) is 0 Å². The van der Waals surface area contributed by atoms with Crippen LogP contribution in [0.25, 0.3) is 0 Å². The molecular formula is C33H76F9NOS10. The summed E-state index contributed by atoms with van der Waals surface area (Å²) in [5.41, 5.74) is 0. The van der Waals surface area contributed by atoms with Crippen molar-refractivity contribution in [3.05, 3.63) is 0 Å². The van der Waals surface area contributed by atoms with Gasteiger partial charge in [-0.25, -0.2) is 0 Å². The lowest BCUT2D eigenvalue weighted by Gasteiger charge is -2.23. The van der Waals surface area contributed by atoms with Gasteiger partial charge in [0.15, 0.2) is 0 Å². The van der Waals surface area contributed by atoms with Gasteiger partial charge in [-0.15, -0.1) is 47.0 Å². The lowest BCUT2D eigenvalue weighted by Crippen LogP contribution is -2.15.